The minimum Gasteiger partial charge on any atom is -0.357 e. The summed E-state index contributed by atoms with van der Waals surface area (Å²) in [6.07, 6.45) is 0.432. The van der Waals surface area contributed by atoms with Crippen LogP contribution in [0.1, 0.15) is 38.8 Å². The Morgan fingerprint density at radius 1 is 1.15 bits per heavy atom. The molecule has 0 bridgehead atoms. The van der Waals surface area contributed by atoms with E-state index in [9.17, 15) is 4.79 Å². The molecule has 1 aromatic carbocycles. The fourth-order valence-electron chi connectivity index (χ4n) is 2.85. The molecule has 1 unspecified atom stereocenters. The van der Waals surface area contributed by atoms with Gasteiger partial charge >= 0.3 is 0 Å². The summed E-state index contributed by atoms with van der Waals surface area (Å²) < 4.78 is 0. The Morgan fingerprint density at radius 3 is 2.37 bits per heavy atom. The van der Waals surface area contributed by atoms with Gasteiger partial charge in [0.1, 0.15) is 0 Å². The average Bonchev–Trinajstić information content (AvgIpc) is 2.65. The number of nitrogens with one attached hydrogen (secondary N) is 2. The van der Waals surface area contributed by atoms with Gasteiger partial charge in [-0.25, -0.2) is 0 Å². The summed E-state index contributed by atoms with van der Waals surface area (Å²) in [6.45, 7) is 10.0. The first-order chi connectivity index (χ1) is 12.9. The van der Waals surface area contributed by atoms with Crippen LogP contribution in [-0.2, 0) is 4.79 Å². The summed E-state index contributed by atoms with van der Waals surface area (Å²) in [4.78, 5) is 20.4. The number of guanidine groups is 1. The van der Waals surface area contributed by atoms with Gasteiger partial charge in [0.2, 0.25) is 5.91 Å². The first kappa shape index (κ1) is 23.2. The van der Waals surface area contributed by atoms with Crippen LogP contribution in [-0.4, -0.2) is 68.5 Å². The number of nitrogens with zero attached hydrogens (tertiary/aromatic N) is 3. The van der Waals surface area contributed by atoms with Gasteiger partial charge in [0, 0.05) is 38.6 Å². The minimum atomic E-state index is 0.0930. The fourth-order valence-corrected chi connectivity index (χ4v) is 3.11. The molecule has 0 heterocycles. The Bertz CT molecular complexity index is 602. The number of benzene rings is 1. The molecule has 0 fully saturated rings. The SMILES string of the molecule is CCNC(=NCC(c1ccccc1Cl)N(CC)CC)NCCC(=O)N(C)C. The number of carbonyl (C=O) groups is 1. The normalized spacial score (nSPS) is 12.8. The van der Waals surface area contributed by atoms with E-state index < -0.39 is 0 Å². The number of rotatable bonds is 10. The quantitative estimate of drug-likeness (QED) is 0.472. The maximum atomic E-state index is 11.7. The van der Waals surface area contributed by atoms with Crippen molar-refractivity contribution in [2.24, 2.45) is 4.99 Å². The highest BCUT2D eigenvalue weighted by atomic mass is 35.5. The van der Waals surface area contributed by atoms with Crippen LogP contribution in [0.3, 0.4) is 0 Å². The Morgan fingerprint density at radius 2 is 1.81 bits per heavy atom. The minimum absolute atomic E-state index is 0.0930. The van der Waals surface area contributed by atoms with Crippen molar-refractivity contribution in [2.45, 2.75) is 33.2 Å². The molecule has 0 aromatic heterocycles. The van der Waals surface area contributed by atoms with Crippen molar-refractivity contribution >= 4 is 23.5 Å². The molecular formula is C20H34ClN5O. The highest BCUT2D eigenvalue weighted by Gasteiger charge is 2.20. The zero-order valence-corrected chi connectivity index (χ0v) is 18.0. The standard InChI is InChI=1S/C20H34ClN5O/c1-6-22-20(23-14-13-19(27)25(4)5)24-15-18(26(7-2)8-3)16-11-9-10-12-17(16)21/h9-12,18H,6-8,13-15H2,1-5H3,(H2,22,23,24). The fraction of sp³-hybridized carbons (Fsp3) is 0.600. The summed E-state index contributed by atoms with van der Waals surface area (Å²) in [7, 11) is 3.53. The van der Waals surface area contributed by atoms with Gasteiger partial charge in [0.25, 0.3) is 0 Å². The second-order valence-electron chi connectivity index (χ2n) is 6.44. The van der Waals surface area contributed by atoms with E-state index in [4.69, 9.17) is 16.6 Å². The molecule has 2 N–H and O–H groups in total. The Kier molecular flexibility index (Phi) is 10.8. The molecular weight excluding hydrogens is 362 g/mol. The van der Waals surface area contributed by atoms with Gasteiger partial charge < -0.3 is 15.5 Å². The number of aliphatic imine (C=N–C) groups is 1. The van der Waals surface area contributed by atoms with Crippen molar-refractivity contribution < 1.29 is 4.79 Å². The van der Waals surface area contributed by atoms with Crippen LogP contribution in [0.2, 0.25) is 5.02 Å². The lowest BCUT2D eigenvalue weighted by molar-refractivity contribution is -0.128. The van der Waals surface area contributed by atoms with Crippen molar-refractivity contribution in [3.8, 4) is 0 Å². The third-order valence-electron chi connectivity index (χ3n) is 4.41. The molecule has 0 saturated carbocycles. The number of hydrogen-bond acceptors (Lipinski definition) is 3. The van der Waals surface area contributed by atoms with E-state index in [1.54, 1.807) is 19.0 Å². The van der Waals surface area contributed by atoms with Crippen molar-refractivity contribution in [2.75, 3.05) is 46.8 Å². The van der Waals surface area contributed by atoms with Gasteiger partial charge in [-0.3, -0.25) is 14.7 Å². The predicted molar refractivity (Wildman–Crippen MR) is 114 cm³/mol. The van der Waals surface area contributed by atoms with Crippen molar-refractivity contribution in [1.82, 2.24) is 20.4 Å². The molecule has 152 valence electrons. The van der Waals surface area contributed by atoms with Crippen LogP contribution < -0.4 is 10.6 Å². The van der Waals surface area contributed by atoms with Gasteiger partial charge in [0.15, 0.2) is 5.96 Å². The molecule has 0 aliphatic heterocycles. The molecule has 6 nitrogen and oxygen atoms in total. The molecule has 0 aliphatic rings. The number of halogens is 1. The van der Waals surface area contributed by atoms with Crippen LogP contribution in [0.15, 0.2) is 29.3 Å². The Balaban J connectivity index is 2.89. The first-order valence-electron chi connectivity index (χ1n) is 9.65. The number of amides is 1. The second kappa shape index (κ2) is 12.6. The van der Waals surface area contributed by atoms with Crippen molar-refractivity contribution in [1.29, 1.82) is 0 Å². The summed E-state index contributed by atoms with van der Waals surface area (Å²) >= 11 is 6.45. The monoisotopic (exact) mass is 395 g/mol. The third kappa shape index (κ3) is 7.77. The summed E-state index contributed by atoms with van der Waals surface area (Å²) in [6, 6.07) is 8.05. The Hall–Kier alpha value is -1.79. The molecule has 0 radical (unpaired) electrons. The average molecular weight is 396 g/mol. The largest absolute Gasteiger partial charge is 0.357 e. The van der Waals surface area contributed by atoms with E-state index >= 15 is 0 Å². The van der Waals surface area contributed by atoms with Crippen LogP contribution in [0.5, 0.6) is 0 Å². The molecule has 7 heteroatoms. The highest BCUT2D eigenvalue weighted by Crippen LogP contribution is 2.27. The lowest BCUT2D eigenvalue weighted by Gasteiger charge is -2.29. The second-order valence-corrected chi connectivity index (χ2v) is 6.85. The van der Waals surface area contributed by atoms with Gasteiger partial charge in [0.05, 0.1) is 12.6 Å². The molecule has 1 atom stereocenters. The Labute approximate surface area is 169 Å². The lowest BCUT2D eigenvalue weighted by atomic mass is 10.1. The molecule has 1 rings (SSSR count). The zero-order valence-electron chi connectivity index (χ0n) is 17.3. The van der Waals surface area contributed by atoms with Crippen LogP contribution in [0, 0.1) is 0 Å². The topological polar surface area (TPSA) is 60.0 Å². The van der Waals surface area contributed by atoms with Gasteiger partial charge in [-0.05, 0) is 31.6 Å². The molecule has 0 saturated heterocycles. The molecule has 27 heavy (non-hydrogen) atoms. The van der Waals surface area contributed by atoms with E-state index in [2.05, 4.69) is 35.4 Å². The summed E-state index contributed by atoms with van der Waals surface area (Å²) in [5, 5.41) is 7.25. The van der Waals surface area contributed by atoms with Gasteiger partial charge in [-0.1, -0.05) is 43.6 Å². The van der Waals surface area contributed by atoms with Crippen LogP contribution in [0.25, 0.3) is 0 Å². The maximum Gasteiger partial charge on any atom is 0.223 e. The smallest absolute Gasteiger partial charge is 0.223 e. The first-order valence-corrected chi connectivity index (χ1v) is 10.0. The molecule has 0 spiro atoms. The maximum absolute atomic E-state index is 11.7. The van der Waals surface area contributed by atoms with E-state index in [1.807, 2.05) is 25.1 Å². The van der Waals surface area contributed by atoms with Crippen LogP contribution >= 0.6 is 11.6 Å². The van der Waals surface area contributed by atoms with Gasteiger partial charge in [-0.2, -0.15) is 0 Å². The predicted octanol–water partition coefficient (Wildman–Crippen LogP) is 2.76. The molecule has 0 aliphatic carbocycles. The van der Waals surface area contributed by atoms with E-state index in [0.717, 1.165) is 30.2 Å². The highest BCUT2D eigenvalue weighted by molar-refractivity contribution is 6.31. The zero-order chi connectivity index (χ0) is 20.2. The summed E-state index contributed by atoms with van der Waals surface area (Å²) in [5.74, 6) is 0.809. The molecule has 1 aromatic rings. The molecule has 1 amide bonds. The summed E-state index contributed by atoms with van der Waals surface area (Å²) in [5.41, 5.74) is 1.09. The van der Waals surface area contributed by atoms with E-state index in [-0.39, 0.29) is 11.9 Å². The third-order valence-corrected chi connectivity index (χ3v) is 4.76. The van der Waals surface area contributed by atoms with Crippen molar-refractivity contribution in [3.63, 3.8) is 0 Å². The lowest BCUT2D eigenvalue weighted by Crippen LogP contribution is -2.40. The van der Waals surface area contributed by atoms with Crippen LogP contribution in [0.4, 0.5) is 0 Å². The van der Waals surface area contributed by atoms with Gasteiger partial charge in [-0.15, -0.1) is 0 Å². The van der Waals surface area contributed by atoms with E-state index in [0.29, 0.717) is 25.5 Å². The van der Waals surface area contributed by atoms with E-state index in [1.165, 1.54) is 0 Å². The number of carbonyl (C=O) groups excluding carboxylic acids is 1. The van der Waals surface area contributed by atoms with Crippen molar-refractivity contribution in [3.05, 3.63) is 34.9 Å². The number of hydrogen-bond donors (Lipinski definition) is 2. The number of likely N-dealkylation sites (N-methyl/N-ethyl adjacent to an activating group) is 1.